The quantitative estimate of drug-likeness (QED) is 0.711. The summed E-state index contributed by atoms with van der Waals surface area (Å²) in [5.74, 6) is -0.322. The third-order valence-electron chi connectivity index (χ3n) is 3.08. The molecule has 1 rings (SSSR count). The highest BCUT2D eigenvalue weighted by atomic mass is 19.1. The molecule has 0 saturated heterocycles. The van der Waals surface area contributed by atoms with Crippen LogP contribution in [0.1, 0.15) is 43.5 Å². The minimum atomic E-state index is -0.353. The molecule has 0 radical (unpaired) electrons. The van der Waals surface area contributed by atoms with Gasteiger partial charge in [0.2, 0.25) is 5.91 Å². The molecule has 0 aliphatic heterocycles. The molecule has 1 aromatic rings. The van der Waals surface area contributed by atoms with Gasteiger partial charge in [0, 0.05) is 31.5 Å². The van der Waals surface area contributed by atoms with Gasteiger partial charge in [-0.3, -0.25) is 9.59 Å². The molecule has 3 nitrogen and oxygen atoms in total. The molecule has 0 heterocycles. The van der Waals surface area contributed by atoms with Crippen LogP contribution in [0.15, 0.2) is 24.3 Å². The summed E-state index contributed by atoms with van der Waals surface area (Å²) >= 11 is 0. The predicted octanol–water partition coefficient (Wildman–Crippen LogP) is 3.05. The van der Waals surface area contributed by atoms with Crippen molar-refractivity contribution in [3.63, 3.8) is 0 Å². The molecule has 0 unspecified atom stereocenters. The minimum Gasteiger partial charge on any atom is -0.343 e. The zero-order valence-electron chi connectivity index (χ0n) is 11.5. The van der Waals surface area contributed by atoms with Crippen LogP contribution in [0.2, 0.25) is 0 Å². The van der Waals surface area contributed by atoms with Crippen LogP contribution in [0.4, 0.5) is 4.39 Å². The van der Waals surface area contributed by atoms with Crippen LogP contribution in [0, 0.1) is 5.82 Å². The van der Waals surface area contributed by atoms with Crippen LogP contribution < -0.4 is 0 Å². The van der Waals surface area contributed by atoms with Gasteiger partial charge in [0.25, 0.3) is 0 Å². The summed E-state index contributed by atoms with van der Waals surface area (Å²) in [6.07, 6.45) is 1.23. The normalized spacial score (nSPS) is 10.3. The first-order valence-corrected chi connectivity index (χ1v) is 6.65. The highest BCUT2D eigenvalue weighted by Gasteiger charge is 2.11. The summed E-state index contributed by atoms with van der Waals surface area (Å²) < 4.78 is 12.7. The summed E-state index contributed by atoms with van der Waals surface area (Å²) in [6.45, 7) is 5.26. The molecule has 0 aliphatic carbocycles. The van der Waals surface area contributed by atoms with Gasteiger partial charge in [-0.1, -0.05) is 0 Å². The minimum absolute atomic E-state index is 0.0488. The van der Waals surface area contributed by atoms with E-state index < -0.39 is 0 Å². The van der Waals surface area contributed by atoms with Crippen molar-refractivity contribution in [3.05, 3.63) is 35.6 Å². The lowest BCUT2D eigenvalue weighted by Gasteiger charge is -2.18. The SMILES string of the molecule is CCN(CC)C(=O)CCCC(=O)c1ccc(F)cc1. The fourth-order valence-electron chi connectivity index (χ4n) is 1.91. The fourth-order valence-corrected chi connectivity index (χ4v) is 1.91. The van der Waals surface area contributed by atoms with Crippen molar-refractivity contribution in [2.45, 2.75) is 33.1 Å². The Morgan fingerprint density at radius 3 is 2.16 bits per heavy atom. The molecule has 19 heavy (non-hydrogen) atoms. The van der Waals surface area contributed by atoms with Crippen molar-refractivity contribution in [1.82, 2.24) is 4.90 Å². The Hall–Kier alpha value is -1.71. The Kier molecular flexibility index (Phi) is 6.19. The number of amides is 1. The first kappa shape index (κ1) is 15.3. The van der Waals surface area contributed by atoms with Crippen LogP contribution in [0.5, 0.6) is 0 Å². The second-order valence-corrected chi connectivity index (χ2v) is 4.35. The van der Waals surface area contributed by atoms with Gasteiger partial charge in [0.05, 0.1) is 0 Å². The van der Waals surface area contributed by atoms with Gasteiger partial charge in [-0.2, -0.15) is 0 Å². The first-order valence-electron chi connectivity index (χ1n) is 6.65. The number of hydrogen-bond acceptors (Lipinski definition) is 2. The Morgan fingerprint density at radius 2 is 1.63 bits per heavy atom. The van der Waals surface area contributed by atoms with E-state index in [1.807, 2.05) is 13.8 Å². The molecule has 0 fully saturated rings. The predicted molar refractivity (Wildman–Crippen MR) is 72.5 cm³/mol. The summed E-state index contributed by atoms with van der Waals surface area (Å²) in [7, 11) is 0. The van der Waals surface area contributed by atoms with Crippen LogP contribution in [-0.2, 0) is 4.79 Å². The zero-order chi connectivity index (χ0) is 14.3. The maximum absolute atomic E-state index is 12.7. The van der Waals surface area contributed by atoms with E-state index in [4.69, 9.17) is 0 Å². The number of nitrogens with zero attached hydrogens (tertiary/aromatic N) is 1. The Bertz CT molecular complexity index is 424. The summed E-state index contributed by atoms with van der Waals surface area (Å²) in [5.41, 5.74) is 0.497. The number of carbonyl (C=O) groups excluding carboxylic acids is 2. The van der Waals surface area contributed by atoms with Crippen molar-refractivity contribution in [2.24, 2.45) is 0 Å². The number of hydrogen-bond donors (Lipinski definition) is 0. The molecule has 0 spiro atoms. The van der Waals surface area contributed by atoms with Gasteiger partial charge < -0.3 is 4.90 Å². The number of Topliss-reactive ketones (excluding diaryl/α,β-unsaturated/α-hetero) is 1. The van der Waals surface area contributed by atoms with E-state index in [0.29, 0.717) is 37.9 Å². The maximum atomic E-state index is 12.7. The van der Waals surface area contributed by atoms with Crippen LogP contribution in [0.3, 0.4) is 0 Å². The van der Waals surface area contributed by atoms with Gasteiger partial charge >= 0.3 is 0 Å². The van der Waals surface area contributed by atoms with Crippen LogP contribution in [-0.4, -0.2) is 29.7 Å². The van der Waals surface area contributed by atoms with Crippen molar-refractivity contribution < 1.29 is 14.0 Å². The highest BCUT2D eigenvalue weighted by molar-refractivity contribution is 5.96. The summed E-state index contributed by atoms with van der Waals surface area (Å²) in [5, 5.41) is 0. The molecule has 4 heteroatoms. The van der Waals surface area contributed by atoms with Crippen LogP contribution >= 0.6 is 0 Å². The molecular weight excluding hydrogens is 245 g/mol. The standard InChI is InChI=1S/C15H20FNO2/c1-3-17(4-2)15(19)7-5-6-14(18)12-8-10-13(16)11-9-12/h8-11H,3-7H2,1-2H3. The van der Waals surface area contributed by atoms with E-state index in [1.165, 1.54) is 24.3 Å². The lowest BCUT2D eigenvalue weighted by atomic mass is 10.1. The average molecular weight is 265 g/mol. The number of benzene rings is 1. The summed E-state index contributed by atoms with van der Waals surface area (Å²) in [6, 6.07) is 5.50. The van der Waals surface area contributed by atoms with Crippen LogP contribution in [0.25, 0.3) is 0 Å². The van der Waals surface area contributed by atoms with Gasteiger partial charge in [0.15, 0.2) is 5.78 Å². The second-order valence-electron chi connectivity index (χ2n) is 4.35. The third-order valence-corrected chi connectivity index (χ3v) is 3.08. The lowest BCUT2D eigenvalue weighted by molar-refractivity contribution is -0.130. The molecule has 104 valence electrons. The lowest BCUT2D eigenvalue weighted by Crippen LogP contribution is -2.30. The van der Waals surface area contributed by atoms with E-state index >= 15 is 0 Å². The van der Waals surface area contributed by atoms with Crippen molar-refractivity contribution in [2.75, 3.05) is 13.1 Å². The van der Waals surface area contributed by atoms with E-state index in [9.17, 15) is 14.0 Å². The number of ketones is 1. The largest absolute Gasteiger partial charge is 0.343 e. The first-order chi connectivity index (χ1) is 9.08. The van der Waals surface area contributed by atoms with Gasteiger partial charge in [-0.15, -0.1) is 0 Å². The Balaban J connectivity index is 2.39. The van der Waals surface area contributed by atoms with Crippen molar-refractivity contribution in [1.29, 1.82) is 0 Å². The average Bonchev–Trinajstić information content (AvgIpc) is 2.40. The molecule has 0 N–H and O–H groups in total. The number of rotatable bonds is 7. The van der Waals surface area contributed by atoms with Crippen molar-refractivity contribution >= 4 is 11.7 Å². The molecule has 1 amide bonds. The number of halogens is 1. The second kappa shape index (κ2) is 7.67. The van der Waals surface area contributed by atoms with E-state index in [-0.39, 0.29) is 17.5 Å². The number of carbonyl (C=O) groups is 2. The smallest absolute Gasteiger partial charge is 0.222 e. The van der Waals surface area contributed by atoms with E-state index in [1.54, 1.807) is 4.90 Å². The molecule has 0 atom stereocenters. The highest BCUT2D eigenvalue weighted by Crippen LogP contribution is 2.09. The topological polar surface area (TPSA) is 37.4 Å². The van der Waals surface area contributed by atoms with E-state index in [2.05, 4.69) is 0 Å². The molecule has 0 aromatic heterocycles. The molecular formula is C15H20FNO2. The van der Waals surface area contributed by atoms with Gasteiger partial charge in [-0.05, 0) is 44.5 Å². The van der Waals surface area contributed by atoms with Crippen molar-refractivity contribution in [3.8, 4) is 0 Å². The summed E-state index contributed by atoms with van der Waals surface area (Å²) in [4.78, 5) is 25.3. The molecule has 0 bridgehead atoms. The third kappa shape index (κ3) is 4.81. The van der Waals surface area contributed by atoms with Gasteiger partial charge in [0.1, 0.15) is 5.82 Å². The molecule has 0 aliphatic rings. The van der Waals surface area contributed by atoms with Gasteiger partial charge in [-0.25, -0.2) is 4.39 Å². The zero-order valence-corrected chi connectivity index (χ0v) is 11.5. The maximum Gasteiger partial charge on any atom is 0.222 e. The monoisotopic (exact) mass is 265 g/mol. The molecule has 0 saturated carbocycles. The Morgan fingerprint density at radius 1 is 1.05 bits per heavy atom. The Labute approximate surface area is 113 Å². The van der Waals surface area contributed by atoms with E-state index in [0.717, 1.165) is 0 Å². The fraction of sp³-hybridized carbons (Fsp3) is 0.467. The molecule has 1 aromatic carbocycles.